The van der Waals surface area contributed by atoms with E-state index in [1.54, 1.807) is 32.3 Å². The summed E-state index contributed by atoms with van der Waals surface area (Å²) in [6.45, 7) is 2.26. The first kappa shape index (κ1) is 17.5. The van der Waals surface area contributed by atoms with Gasteiger partial charge in [-0.15, -0.1) is 0 Å². The fourth-order valence-electron chi connectivity index (χ4n) is 2.74. The van der Waals surface area contributed by atoms with Crippen LogP contribution in [-0.4, -0.2) is 48.7 Å². The minimum absolute atomic E-state index is 0.0901. The molecule has 8 heteroatoms. The van der Waals surface area contributed by atoms with Crippen molar-refractivity contribution in [2.24, 2.45) is 11.8 Å². The Morgan fingerprint density at radius 3 is 2.87 bits per heavy atom. The molecule has 0 aliphatic carbocycles. The van der Waals surface area contributed by atoms with Crippen molar-refractivity contribution in [2.45, 2.75) is 19.6 Å². The second-order valence-corrected chi connectivity index (χ2v) is 5.59. The summed E-state index contributed by atoms with van der Waals surface area (Å²) in [6.07, 6.45) is -2.82. The summed E-state index contributed by atoms with van der Waals surface area (Å²) >= 11 is 0. The summed E-state index contributed by atoms with van der Waals surface area (Å²) < 4.78 is 44.4. The van der Waals surface area contributed by atoms with E-state index >= 15 is 0 Å². The highest BCUT2D eigenvalue weighted by molar-refractivity contribution is 5.79. The van der Waals surface area contributed by atoms with Crippen LogP contribution in [0.2, 0.25) is 0 Å². The molecule has 1 aromatic heterocycles. The Hall–Kier alpha value is -1.83. The maximum atomic E-state index is 13.0. The number of aromatic nitrogens is 1. The average molecular weight is 331 g/mol. The summed E-state index contributed by atoms with van der Waals surface area (Å²) in [7, 11) is 1.58. The highest BCUT2D eigenvalue weighted by atomic mass is 19.4. The van der Waals surface area contributed by atoms with Crippen LogP contribution in [0.4, 0.5) is 13.2 Å². The molecule has 1 aromatic rings. The van der Waals surface area contributed by atoms with Crippen LogP contribution in [0, 0.1) is 11.8 Å². The third kappa shape index (κ3) is 4.34. The van der Waals surface area contributed by atoms with Gasteiger partial charge in [-0.2, -0.15) is 13.2 Å². The van der Waals surface area contributed by atoms with E-state index in [-0.39, 0.29) is 19.6 Å². The maximum absolute atomic E-state index is 13.0. The molecule has 2 atom stereocenters. The monoisotopic (exact) mass is 331 g/mol. The number of amides is 1. The Morgan fingerprint density at radius 1 is 1.48 bits per heavy atom. The number of carbonyl (C=O) groups excluding carboxylic acids is 1. The minimum Gasteiger partial charge on any atom is -0.478 e. The Morgan fingerprint density at radius 2 is 2.22 bits per heavy atom. The van der Waals surface area contributed by atoms with Gasteiger partial charge >= 0.3 is 6.18 Å². The number of pyridine rings is 1. The summed E-state index contributed by atoms with van der Waals surface area (Å²) in [5.74, 6) is -2.94. The van der Waals surface area contributed by atoms with Crippen LogP contribution >= 0.6 is 0 Å². The van der Waals surface area contributed by atoms with E-state index in [2.05, 4.69) is 10.3 Å². The van der Waals surface area contributed by atoms with Crippen molar-refractivity contribution in [3.05, 3.63) is 23.9 Å². The van der Waals surface area contributed by atoms with Crippen molar-refractivity contribution < 1.29 is 22.7 Å². The molecule has 5 nitrogen and oxygen atoms in total. The molecule has 128 valence electrons. The van der Waals surface area contributed by atoms with Crippen molar-refractivity contribution in [3.8, 4) is 5.88 Å². The zero-order valence-electron chi connectivity index (χ0n) is 13.1. The molecule has 1 amide bonds. The number of ether oxygens (including phenoxy) is 1. The normalized spacial score (nSPS) is 22.1. The van der Waals surface area contributed by atoms with E-state index in [0.717, 1.165) is 0 Å². The van der Waals surface area contributed by atoms with Gasteiger partial charge in [-0.25, -0.2) is 4.98 Å². The van der Waals surface area contributed by atoms with Crippen LogP contribution in [0.15, 0.2) is 18.3 Å². The summed E-state index contributed by atoms with van der Waals surface area (Å²) in [4.78, 5) is 17.8. The molecule has 0 aromatic carbocycles. The van der Waals surface area contributed by atoms with Crippen molar-refractivity contribution in [3.63, 3.8) is 0 Å². The Balaban J connectivity index is 2.02. The number of halogens is 3. The standard InChI is InChI=1S/C15H20F3N3O2/c1-3-23-14-10(5-4-6-19-14)7-20-13(22)11-8-21(2)9-12(11)15(16,17)18/h4-6,11-12H,3,7-9H2,1-2H3,(H,20,22)/t11-,12-/m1/s1. The first-order valence-electron chi connectivity index (χ1n) is 7.42. The zero-order valence-corrected chi connectivity index (χ0v) is 13.1. The number of carbonyl (C=O) groups is 1. The quantitative estimate of drug-likeness (QED) is 0.894. The van der Waals surface area contributed by atoms with Crippen LogP contribution in [0.1, 0.15) is 12.5 Å². The topological polar surface area (TPSA) is 54.5 Å². The lowest BCUT2D eigenvalue weighted by Gasteiger charge is -2.20. The molecule has 0 bridgehead atoms. The molecule has 1 aliphatic heterocycles. The van der Waals surface area contributed by atoms with Gasteiger partial charge in [0.2, 0.25) is 11.8 Å². The highest BCUT2D eigenvalue weighted by Gasteiger charge is 2.51. The second-order valence-electron chi connectivity index (χ2n) is 5.59. The van der Waals surface area contributed by atoms with E-state index in [4.69, 9.17) is 4.74 Å². The van der Waals surface area contributed by atoms with Gasteiger partial charge in [0, 0.05) is 31.4 Å². The third-order valence-electron chi connectivity index (χ3n) is 3.84. The lowest BCUT2D eigenvalue weighted by atomic mass is 9.94. The zero-order chi connectivity index (χ0) is 17.0. The molecular weight excluding hydrogens is 311 g/mol. The number of hydrogen-bond acceptors (Lipinski definition) is 4. The fourth-order valence-corrected chi connectivity index (χ4v) is 2.74. The van der Waals surface area contributed by atoms with Gasteiger partial charge in [0.25, 0.3) is 0 Å². The van der Waals surface area contributed by atoms with E-state index in [1.165, 1.54) is 4.90 Å². The molecule has 0 unspecified atom stereocenters. The fraction of sp³-hybridized carbons (Fsp3) is 0.600. The van der Waals surface area contributed by atoms with E-state index in [9.17, 15) is 18.0 Å². The van der Waals surface area contributed by atoms with Crippen molar-refractivity contribution in [1.29, 1.82) is 0 Å². The lowest BCUT2D eigenvalue weighted by molar-refractivity contribution is -0.183. The molecule has 23 heavy (non-hydrogen) atoms. The van der Waals surface area contributed by atoms with Gasteiger partial charge in [0.15, 0.2) is 0 Å². The number of hydrogen-bond donors (Lipinski definition) is 1. The molecule has 1 fully saturated rings. The van der Waals surface area contributed by atoms with Gasteiger partial charge < -0.3 is 15.0 Å². The molecule has 0 saturated carbocycles. The van der Waals surface area contributed by atoms with Gasteiger partial charge in [0.05, 0.1) is 18.4 Å². The van der Waals surface area contributed by atoms with Crippen LogP contribution < -0.4 is 10.1 Å². The number of rotatable bonds is 5. The van der Waals surface area contributed by atoms with Crippen molar-refractivity contribution in [1.82, 2.24) is 15.2 Å². The Kier molecular flexibility index (Phi) is 5.46. The minimum atomic E-state index is -4.38. The molecule has 1 saturated heterocycles. The number of nitrogens with one attached hydrogen (secondary N) is 1. The van der Waals surface area contributed by atoms with Crippen molar-refractivity contribution in [2.75, 3.05) is 26.7 Å². The highest BCUT2D eigenvalue weighted by Crippen LogP contribution is 2.37. The van der Waals surface area contributed by atoms with Gasteiger partial charge in [-0.3, -0.25) is 4.79 Å². The SMILES string of the molecule is CCOc1ncccc1CNC(=O)[C@@H]1CN(C)C[C@H]1C(F)(F)F. The predicted molar refractivity (Wildman–Crippen MR) is 77.8 cm³/mol. The third-order valence-corrected chi connectivity index (χ3v) is 3.84. The first-order valence-corrected chi connectivity index (χ1v) is 7.42. The number of likely N-dealkylation sites (tertiary alicyclic amines) is 1. The molecule has 2 heterocycles. The smallest absolute Gasteiger partial charge is 0.393 e. The summed E-state index contributed by atoms with van der Waals surface area (Å²) in [5.41, 5.74) is 0.637. The summed E-state index contributed by atoms with van der Waals surface area (Å²) in [6, 6.07) is 3.41. The van der Waals surface area contributed by atoms with Crippen LogP contribution in [-0.2, 0) is 11.3 Å². The Bertz CT molecular complexity index is 551. The largest absolute Gasteiger partial charge is 0.478 e. The molecule has 1 N–H and O–H groups in total. The van der Waals surface area contributed by atoms with Crippen LogP contribution in [0.3, 0.4) is 0 Å². The van der Waals surface area contributed by atoms with Crippen molar-refractivity contribution >= 4 is 5.91 Å². The van der Waals surface area contributed by atoms with Gasteiger partial charge in [-0.1, -0.05) is 6.07 Å². The van der Waals surface area contributed by atoms with E-state index in [0.29, 0.717) is 18.1 Å². The molecule has 2 rings (SSSR count). The maximum Gasteiger partial charge on any atom is 0.393 e. The molecular formula is C15H20F3N3O2. The Labute approximate surface area is 132 Å². The van der Waals surface area contributed by atoms with Gasteiger partial charge in [-0.05, 0) is 20.0 Å². The lowest BCUT2D eigenvalue weighted by Crippen LogP contribution is -2.39. The van der Waals surface area contributed by atoms with E-state index < -0.39 is 23.9 Å². The average Bonchev–Trinajstić information content (AvgIpc) is 2.89. The first-order chi connectivity index (χ1) is 10.8. The van der Waals surface area contributed by atoms with Gasteiger partial charge in [0.1, 0.15) is 0 Å². The predicted octanol–water partition coefficient (Wildman–Crippen LogP) is 1.84. The number of alkyl halides is 3. The molecule has 0 spiro atoms. The molecule has 0 radical (unpaired) electrons. The van der Waals surface area contributed by atoms with Crippen LogP contribution in [0.25, 0.3) is 0 Å². The number of nitrogens with zero attached hydrogens (tertiary/aromatic N) is 2. The summed E-state index contributed by atoms with van der Waals surface area (Å²) in [5, 5.41) is 2.58. The van der Waals surface area contributed by atoms with Crippen LogP contribution in [0.5, 0.6) is 5.88 Å². The van der Waals surface area contributed by atoms with E-state index in [1.807, 2.05) is 0 Å². The molecule has 1 aliphatic rings. The second kappa shape index (κ2) is 7.16.